The summed E-state index contributed by atoms with van der Waals surface area (Å²) in [7, 11) is 0. The summed E-state index contributed by atoms with van der Waals surface area (Å²) in [5.74, 6) is 0.957. The van der Waals surface area contributed by atoms with Gasteiger partial charge in [-0.25, -0.2) is 4.39 Å². The second-order valence-electron chi connectivity index (χ2n) is 8.04. The van der Waals surface area contributed by atoms with E-state index in [1.54, 1.807) is 18.2 Å². The van der Waals surface area contributed by atoms with Crippen LogP contribution in [0.1, 0.15) is 16.7 Å². The van der Waals surface area contributed by atoms with E-state index in [1.807, 2.05) is 47.4 Å². The number of aromatic nitrogens is 1. The predicted molar refractivity (Wildman–Crippen MR) is 132 cm³/mol. The van der Waals surface area contributed by atoms with Crippen molar-refractivity contribution in [1.82, 2.24) is 15.2 Å². The van der Waals surface area contributed by atoms with Gasteiger partial charge >= 0.3 is 0 Å². The molecule has 2 N–H and O–H groups in total. The highest BCUT2D eigenvalue weighted by atomic mass is 32.1. The van der Waals surface area contributed by atoms with Crippen molar-refractivity contribution in [2.45, 2.75) is 19.6 Å². The van der Waals surface area contributed by atoms with E-state index in [2.05, 4.69) is 10.3 Å². The summed E-state index contributed by atoms with van der Waals surface area (Å²) in [6.07, 6.45) is 0. The molecule has 0 aliphatic carbocycles. The van der Waals surface area contributed by atoms with Crippen molar-refractivity contribution in [2.75, 3.05) is 6.79 Å². The molecular weight excluding hydrogens is 453 g/mol. The quantitative estimate of drug-likeness (QED) is 0.401. The zero-order valence-electron chi connectivity index (χ0n) is 18.2. The van der Waals surface area contributed by atoms with Crippen molar-refractivity contribution in [2.24, 2.45) is 0 Å². The van der Waals surface area contributed by atoms with E-state index in [0.29, 0.717) is 40.8 Å². The Kier molecular flexibility index (Phi) is 6.14. The molecular formula is C26H22FN3O3S. The Morgan fingerprint density at radius 1 is 0.971 bits per heavy atom. The Bertz CT molecular complexity index is 1390. The van der Waals surface area contributed by atoms with E-state index < -0.39 is 0 Å². The fourth-order valence-corrected chi connectivity index (χ4v) is 4.06. The van der Waals surface area contributed by atoms with E-state index in [-0.39, 0.29) is 24.7 Å². The molecule has 0 spiro atoms. The van der Waals surface area contributed by atoms with E-state index in [4.69, 9.17) is 21.7 Å². The molecule has 1 aliphatic rings. The number of hydrogen-bond donors (Lipinski definition) is 2. The molecule has 2 heterocycles. The van der Waals surface area contributed by atoms with E-state index in [9.17, 15) is 9.18 Å². The van der Waals surface area contributed by atoms with Crippen LogP contribution in [0.25, 0.3) is 10.9 Å². The van der Waals surface area contributed by atoms with E-state index in [0.717, 1.165) is 16.5 Å². The predicted octanol–water partition coefficient (Wildman–Crippen LogP) is 4.47. The van der Waals surface area contributed by atoms with Crippen molar-refractivity contribution in [3.05, 3.63) is 106 Å². The molecule has 6 nitrogen and oxygen atoms in total. The standard InChI is InChI=1S/C26H22FN3O3S/c27-21-8-6-18(7-9-21)14-30(26(34)28-13-17-4-2-1-3-5-17)15-20-10-19-11-23-24(33-16-32-23)12-22(19)29-25(20)31/h1-12H,13-16H2,(H,28,34)(H,29,31). The minimum Gasteiger partial charge on any atom is -0.454 e. The maximum Gasteiger partial charge on any atom is 0.253 e. The van der Waals surface area contributed by atoms with Crippen LogP contribution in [0.3, 0.4) is 0 Å². The number of fused-ring (bicyclic) bond motifs is 2. The van der Waals surface area contributed by atoms with Gasteiger partial charge in [0.25, 0.3) is 5.56 Å². The van der Waals surface area contributed by atoms with Crippen LogP contribution in [0, 0.1) is 5.82 Å². The van der Waals surface area contributed by atoms with Crippen LogP contribution in [0.15, 0.2) is 77.6 Å². The zero-order chi connectivity index (χ0) is 23.5. The van der Waals surface area contributed by atoms with Gasteiger partial charge in [0.15, 0.2) is 16.6 Å². The number of pyridine rings is 1. The molecule has 0 atom stereocenters. The Balaban J connectivity index is 1.42. The Morgan fingerprint density at radius 2 is 1.71 bits per heavy atom. The molecule has 0 saturated heterocycles. The van der Waals surface area contributed by atoms with Gasteiger partial charge in [-0.1, -0.05) is 42.5 Å². The number of ether oxygens (including phenoxy) is 2. The maximum absolute atomic E-state index is 13.4. The number of nitrogens with one attached hydrogen (secondary N) is 2. The van der Waals surface area contributed by atoms with Gasteiger partial charge in [-0.15, -0.1) is 0 Å². The number of nitrogens with zero attached hydrogens (tertiary/aromatic N) is 1. The second kappa shape index (κ2) is 9.52. The number of thiocarbonyl (C=S) groups is 1. The maximum atomic E-state index is 13.4. The van der Waals surface area contributed by atoms with Gasteiger partial charge in [0, 0.05) is 30.1 Å². The molecule has 5 rings (SSSR count). The summed E-state index contributed by atoms with van der Waals surface area (Å²) in [6.45, 7) is 1.41. The SMILES string of the molecule is O=c1[nH]c2cc3c(cc2cc1CN(Cc1ccc(F)cc1)C(=S)NCc1ccccc1)OCO3. The molecule has 3 aromatic carbocycles. The van der Waals surface area contributed by atoms with Crippen molar-refractivity contribution < 1.29 is 13.9 Å². The van der Waals surface area contributed by atoms with Crippen molar-refractivity contribution in [3.63, 3.8) is 0 Å². The first kappa shape index (κ1) is 21.9. The summed E-state index contributed by atoms with van der Waals surface area (Å²) >= 11 is 5.69. The third-order valence-electron chi connectivity index (χ3n) is 5.64. The van der Waals surface area contributed by atoms with Crippen LogP contribution in [0.4, 0.5) is 4.39 Å². The molecule has 4 aromatic rings. The second-order valence-corrected chi connectivity index (χ2v) is 8.43. The monoisotopic (exact) mass is 475 g/mol. The fourth-order valence-electron chi connectivity index (χ4n) is 3.86. The fraction of sp³-hybridized carbons (Fsp3) is 0.154. The molecule has 34 heavy (non-hydrogen) atoms. The lowest BCUT2D eigenvalue weighted by Gasteiger charge is -2.26. The summed E-state index contributed by atoms with van der Waals surface area (Å²) in [5, 5.41) is 4.61. The highest BCUT2D eigenvalue weighted by molar-refractivity contribution is 7.80. The number of aromatic amines is 1. The van der Waals surface area contributed by atoms with Gasteiger partial charge in [-0.3, -0.25) is 4.79 Å². The molecule has 0 radical (unpaired) electrons. The van der Waals surface area contributed by atoms with Crippen LogP contribution >= 0.6 is 12.2 Å². The van der Waals surface area contributed by atoms with Crippen LogP contribution in [-0.4, -0.2) is 21.8 Å². The number of benzene rings is 3. The first-order valence-electron chi connectivity index (χ1n) is 10.8. The Labute approximate surface area is 200 Å². The minimum absolute atomic E-state index is 0.162. The normalized spacial score (nSPS) is 12.0. The zero-order valence-corrected chi connectivity index (χ0v) is 19.0. The van der Waals surface area contributed by atoms with Gasteiger partial charge in [-0.2, -0.15) is 0 Å². The Morgan fingerprint density at radius 3 is 2.47 bits per heavy atom. The highest BCUT2D eigenvalue weighted by Crippen LogP contribution is 2.35. The third kappa shape index (κ3) is 4.87. The van der Waals surface area contributed by atoms with Crippen molar-refractivity contribution in [3.8, 4) is 11.5 Å². The molecule has 172 valence electrons. The van der Waals surface area contributed by atoms with Gasteiger partial charge in [0.1, 0.15) is 5.82 Å². The van der Waals surface area contributed by atoms with Gasteiger partial charge in [0.2, 0.25) is 6.79 Å². The summed E-state index contributed by atoms with van der Waals surface area (Å²) in [5.41, 5.74) is 2.99. The molecule has 8 heteroatoms. The molecule has 0 bridgehead atoms. The molecule has 0 saturated carbocycles. The summed E-state index contributed by atoms with van der Waals surface area (Å²) in [6, 6.07) is 21.6. The van der Waals surface area contributed by atoms with Crippen LogP contribution < -0.4 is 20.3 Å². The van der Waals surface area contributed by atoms with Crippen LogP contribution in [-0.2, 0) is 19.6 Å². The number of rotatable bonds is 6. The molecule has 0 unspecified atom stereocenters. The lowest BCUT2D eigenvalue weighted by Crippen LogP contribution is -2.39. The first-order chi connectivity index (χ1) is 16.5. The average Bonchev–Trinajstić information content (AvgIpc) is 3.30. The van der Waals surface area contributed by atoms with Crippen molar-refractivity contribution in [1.29, 1.82) is 0 Å². The lowest BCUT2D eigenvalue weighted by atomic mass is 10.1. The molecule has 1 aliphatic heterocycles. The minimum atomic E-state index is -0.301. The lowest BCUT2D eigenvalue weighted by molar-refractivity contribution is 0.174. The van der Waals surface area contributed by atoms with Gasteiger partial charge < -0.3 is 24.7 Å². The average molecular weight is 476 g/mol. The third-order valence-corrected chi connectivity index (χ3v) is 6.04. The molecule has 0 fully saturated rings. The Hall–Kier alpha value is -3.91. The smallest absolute Gasteiger partial charge is 0.253 e. The highest BCUT2D eigenvalue weighted by Gasteiger charge is 2.18. The van der Waals surface area contributed by atoms with Crippen molar-refractivity contribution >= 4 is 28.2 Å². The van der Waals surface area contributed by atoms with Gasteiger partial charge in [0.05, 0.1) is 12.1 Å². The summed E-state index contributed by atoms with van der Waals surface area (Å²) < 4.78 is 24.3. The summed E-state index contributed by atoms with van der Waals surface area (Å²) in [4.78, 5) is 17.7. The van der Waals surface area contributed by atoms with Crippen LogP contribution in [0.5, 0.6) is 11.5 Å². The van der Waals surface area contributed by atoms with Crippen LogP contribution in [0.2, 0.25) is 0 Å². The van der Waals surface area contributed by atoms with E-state index in [1.165, 1.54) is 12.1 Å². The molecule has 0 amide bonds. The van der Waals surface area contributed by atoms with Gasteiger partial charge in [-0.05, 0) is 47.6 Å². The number of halogens is 1. The topological polar surface area (TPSA) is 66.6 Å². The van der Waals surface area contributed by atoms with E-state index >= 15 is 0 Å². The first-order valence-corrected chi connectivity index (χ1v) is 11.2. The number of hydrogen-bond acceptors (Lipinski definition) is 4. The largest absolute Gasteiger partial charge is 0.454 e. The number of H-pyrrole nitrogens is 1. The molecule has 1 aromatic heterocycles.